The maximum atomic E-state index is 12.9. The number of anilines is 1. The minimum Gasteiger partial charge on any atom is -0.507 e. The summed E-state index contributed by atoms with van der Waals surface area (Å²) in [6.07, 6.45) is 0.250. The molecule has 29 heavy (non-hydrogen) atoms. The normalized spacial score (nSPS) is 16.8. The zero-order valence-electron chi connectivity index (χ0n) is 15.1. The molecule has 1 unspecified atom stereocenters. The second kappa shape index (κ2) is 7.98. The molecule has 10 heteroatoms. The highest BCUT2D eigenvalue weighted by molar-refractivity contribution is 6.12. The first-order chi connectivity index (χ1) is 13.8. The lowest BCUT2D eigenvalue weighted by Gasteiger charge is -2.27. The summed E-state index contributed by atoms with van der Waals surface area (Å²) in [5.74, 6) is -2.08. The van der Waals surface area contributed by atoms with Gasteiger partial charge in [0.1, 0.15) is 17.1 Å². The highest BCUT2D eigenvalue weighted by Gasteiger charge is 2.33. The monoisotopic (exact) mass is 400 g/mol. The summed E-state index contributed by atoms with van der Waals surface area (Å²) in [5.41, 5.74) is -0.132. The third-order valence-electron chi connectivity index (χ3n) is 4.11. The summed E-state index contributed by atoms with van der Waals surface area (Å²) in [7, 11) is 0. The van der Waals surface area contributed by atoms with Gasteiger partial charge in [-0.1, -0.05) is 0 Å². The van der Waals surface area contributed by atoms with Crippen LogP contribution in [0.3, 0.4) is 0 Å². The Morgan fingerprint density at radius 2 is 2.10 bits per heavy atom. The number of carbonyl (C=O) groups is 2. The lowest BCUT2D eigenvalue weighted by Crippen LogP contribution is -2.33. The number of nitro benzene ring substituents is 1. The number of fused-ring (bicyclic) bond motifs is 1. The van der Waals surface area contributed by atoms with Crippen molar-refractivity contribution >= 4 is 23.1 Å². The maximum absolute atomic E-state index is 12.9. The molecule has 1 atom stereocenters. The number of benzene rings is 2. The quantitative estimate of drug-likeness (QED) is 0.378. The number of carboxylic acids is 1. The summed E-state index contributed by atoms with van der Waals surface area (Å²) < 4.78 is 11.1. The SMILES string of the molecule is CCOC1Oc2ccc([N+](=O)[O-])cc2C(=O)/C1=C\Nc1ccc(C(=O)O)c(O)c1. The van der Waals surface area contributed by atoms with Gasteiger partial charge in [-0.25, -0.2) is 4.79 Å². The molecular formula is C19H16N2O8. The van der Waals surface area contributed by atoms with Gasteiger partial charge in [-0.3, -0.25) is 14.9 Å². The lowest BCUT2D eigenvalue weighted by molar-refractivity contribution is -0.384. The average Bonchev–Trinajstić information content (AvgIpc) is 2.67. The molecule has 0 saturated carbocycles. The Kier molecular flexibility index (Phi) is 5.46. The molecule has 0 radical (unpaired) electrons. The molecule has 150 valence electrons. The van der Waals surface area contributed by atoms with Crippen LogP contribution in [-0.4, -0.2) is 39.8 Å². The first-order valence-corrected chi connectivity index (χ1v) is 8.46. The number of aromatic carboxylic acids is 1. The number of hydrogen-bond acceptors (Lipinski definition) is 8. The molecule has 2 aromatic carbocycles. The molecule has 2 aromatic rings. The van der Waals surface area contributed by atoms with Crippen molar-refractivity contribution in [3.05, 3.63) is 69.4 Å². The topological polar surface area (TPSA) is 148 Å². The van der Waals surface area contributed by atoms with Gasteiger partial charge in [-0.15, -0.1) is 0 Å². The number of carbonyl (C=O) groups excluding carboxylic acids is 1. The zero-order chi connectivity index (χ0) is 21.1. The van der Waals surface area contributed by atoms with E-state index < -0.39 is 28.7 Å². The summed E-state index contributed by atoms with van der Waals surface area (Å²) in [6, 6.07) is 7.49. The number of ketones is 1. The number of ether oxygens (including phenoxy) is 2. The number of Topliss-reactive ketones (excluding diaryl/α,β-unsaturated/α-hetero) is 1. The summed E-state index contributed by atoms with van der Waals surface area (Å²) >= 11 is 0. The van der Waals surface area contributed by atoms with Gasteiger partial charge in [0, 0.05) is 36.7 Å². The van der Waals surface area contributed by atoms with Gasteiger partial charge in [0.05, 0.1) is 16.1 Å². The van der Waals surface area contributed by atoms with E-state index in [2.05, 4.69) is 5.32 Å². The summed E-state index contributed by atoms with van der Waals surface area (Å²) in [5, 5.41) is 32.5. The van der Waals surface area contributed by atoms with Crippen LogP contribution in [-0.2, 0) is 4.74 Å². The number of rotatable bonds is 6. The number of nitrogens with zero attached hydrogens (tertiary/aromatic N) is 1. The number of nitro groups is 1. The van der Waals surface area contributed by atoms with Gasteiger partial charge in [-0.2, -0.15) is 0 Å². The molecule has 1 heterocycles. The van der Waals surface area contributed by atoms with Crippen LogP contribution in [0.2, 0.25) is 0 Å². The van der Waals surface area contributed by atoms with E-state index in [1.54, 1.807) is 6.92 Å². The van der Waals surface area contributed by atoms with Crippen LogP contribution in [0.4, 0.5) is 11.4 Å². The maximum Gasteiger partial charge on any atom is 0.339 e. The molecule has 1 aliphatic rings. The Labute approximate surface area is 164 Å². The van der Waals surface area contributed by atoms with E-state index in [9.17, 15) is 24.8 Å². The minimum atomic E-state index is -1.28. The molecule has 0 aliphatic carbocycles. The highest BCUT2D eigenvalue weighted by atomic mass is 16.7. The van der Waals surface area contributed by atoms with Crippen LogP contribution in [0, 0.1) is 10.1 Å². The standard InChI is InChI=1S/C19H16N2O8/c1-2-28-19-14(9-20-10-3-5-12(18(24)25)15(22)7-10)17(23)13-8-11(21(26)27)4-6-16(13)29-19/h3-9,19-20,22H,2H2,1H3,(H,24,25)/b14-9+. The minimum absolute atomic E-state index is 0.0206. The van der Waals surface area contributed by atoms with Crippen LogP contribution < -0.4 is 10.1 Å². The molecule has 0 saturated heterocycles. The molecular weight excluding hydrogens is 384 g/mol. The van der Waals surface area contributed by atoms with Crippen molar-refractivity contribution in [3.63, 3.8) is 0 Å². The van der Waals surface area contributed by atoms with Crippen molar-refractivity contribution in [2.75, 3.05) is 11.9 Å². The number of nitrogens with one attached hydrogen (secondary N) is 1. The van der Waals surface area contributed by atoms with Crippen LogP contribution in [0.1, 0.15) is 27.6 Å². The number of phenols is 1. The van der Waals surface area contributed by atoms with E-state index in [-0.39, 0.29) is 34.7 Å². The van der Waals surface area contributed by atoms with Gasteiger partial charge in [0.15, 0.2) is 0 Å². The summed E-state index contributed by atoms with van der Waals surface area (Å²) in [6.45, 7) is 1.96. The van der Waals surface area contributed by atoms with Crippen molar-refractivity contribution < 1.29 is 34.2 Å². The molecule has 0 bridgehead atoms. The molecule has 0 amide bonds. The Morgan fingerprint density at radius 3 is 2.72 bits per heavy atom. The van der Waals surface area contributed by atoms with E-state index in [0.29, 0.717) is 5.69 Å². The van der Waals surface area contributed by atoms with Crippen molar-refractivity contribution in [1.29, 1.82) is 0 Å². The molecule has 3 rings (SSSR count). The van der Waals surface area contributed by atoms with Gasteiger partial charge < -0.3 is 25.0 Å². The molecule has 0 spiro atoms. The fraction of sp³-hybridized carbons (Fsp3) is 0.158. The second-order valence-electron chi connectivity index (χ2n) is 5.95. The van der Waals surface area contributed by atoms with Gasteiger partial charge in [0.25, 0.3) is 5.69 Å². The lowest BCUT2D eigenvalue weighted by atomic mass is 9.99. The average molecular weight is 400 g/mol. The Hall–Kier alpha value is -3.92. The number of non-ortho nitro benzene ring substituents is 1. The van der Waals surface area contributed by atoms with Gasteiger partial charge in [0.2, 0.25) is 12.1 Å². The molecule has 3 N–H and O–H groups in total. The van der Waals surface area contributed by atoms with Crippen molar-refractivity contribution in [2.45, 2.75) is 13.2 Å². The van der Waals surface area contributed by atoms with Crippen LogP contribution in [0.25, 0.3) is 0 Å². The summed E-state index contributed by atoms with van der Waals surface area (Å²) in [4.78, 5) is 34.2. The Balaban J connectivity index is 1.94. The Morgan fingerprint density at radius 1 is 1.34 bits per heavy atom. The van der Waals surface area contributed by atoms with Crippen LogP contribution in [0.5, 0.6) is 11.5 Å². The number of aromatic hydroxyl groups is 1. The van der Waals surface area contributed by atoms with Crippen LogP contribution in [0.15, 0.2) is 48.2 Å². The zero-order valence-corrected chi connectivity index (χ0v) is 15.1. The van der Waals surface area contributed by atoms with Crippen LogP contribution >= 0.6 is 0 Å². The van der Waals surface area contributed by atoms with Crippen molar-refractivity contribution in [3.8, 4) is 11.5 Å². The molecule has 10 nitrogen and oxygen atoms in total. The third kappa shape index (κ3) is 4.01. The first kappa shape index (κ1) is 19.8. The highest BCUT2D eigenvalue weighted by Crippen LogP contribution is 2.34. The molecule has 0 aromatic heterocycles. The van der Waals surface area contributed by atoms with E-state index in [1.807, 2.05) is 0 Å². The fourth-order valence-corrected chi connectivity index (χ4v) is 2.73. The van der Waals surface area contributed by atoms with E-state index in [1.165, 1.54) is 36.5 Å². The van der Waals surface area contributed by atoms with E-state index >= 15 is 0 Å². The number of hydrogen-bond donors (Lipinski definition) is 3. The molecule has 1 aliphatic heterocycles. The Bertz CT molecular complexity index is 1030. The first-order valence-electron chi connectivity index (χ1n) is 8.46. The second-order valence-corrected chi connectivity index (χ2v) is 5.95. The molecule has 0 fully saturated rings. The van der Waals surface area contributed by atoms with E-state index in [4.69, 9.17) is 14.6 Å². The predicted octanol–water partition coefficient (Wildman–Crippen LogP) is 2.93. The van der Waals surface area contributed by atoms with Gasteiger partial charge >= 0.3 is 5.97 Å². The smallest absolute Gasteiger partial charge is 0.339 e. The van der Waals surface area contributed by atoms with Crippen molar-refractivity contribution in [1.82, 2.24) is 0 Å². The van der Waals surface area contributed by atoms with Crippen molar-refractivity contribution in [2.24, 2.45) is 0 Å². The number of carboxylic acid groups (broad SMARTS) is 1. The third-order valence-corrected chi connectivity index (χ3v) is 4.11. The van der Waals surface area contributed by atoms with Gasteiger partial charge in [-0.05, 0) is 25.1 Å². The largest absolute Gasteiger partial charge is 0.507 e. The van der Waals surface area contributed by atoms with E-state index in [0.717, 1.165) is 6.07 Å². The fourth-order valence-electron chi connectivity index (χ4n) is 2.73. The predicted molar refractivity (Wildman–Crippen MR) is 100 cm³/mol.